The first-order valence-corrected chi connectivity index (χ1v) is 15.0. The van der Waals surface area contributed by atoms with Crippen LogP contribution in [-0.2, 0) is 10.8 Å². The second kappa shape index (κ2) is 8.99. The molecule has 0 heterocycles. The topological polar surface area (TPSA) is 40.5 Å². The molecule has 2 N–H and O–H groups in total. The van der Waals surface area contributed by atoms with Crippen molar-refractivity contribution in [2.24, 2.45) is 10.8 Å². The zero-order chi connectivity index (χ0) is 27.6. The molecule has 4 saturated carbocycles. The smallest absolute Gasteiger partial charge is 0.123 e. The Labute approximate surface area is 238 Å². The number of phenolic OH excluding ortho intramolecular Hbond substituents is 2. The molecule has 2 heteroatoms. The molecule has 204 valence electrons. The van der Waals surface area contributed by atoms with Crippen LogP contribution in [0.3, 0.4) is 0 Å². The molecule has 4 aliphatic carbocycles. The van der Waals surface area contributed by atoms with E-state index < -0.39 is 0 Å². The van der Waals surface area contributed by atoms with Crippen molar-refractivity contribution in [1.29, 1.82) is 0 Å². The Morgan fingerprint density at radius 1 is 0.575 bits per heavy atom. The van der Waals surface area contributed by atoms with Crippen molar-refractivity contribution >= 4 is 0 Å². The normalized spacial score (nSPS) is 30.4. The summed E-state index contributed by atoms with van der Waals surface area (Å²) in [4.78, 5) is 0. The lowest BCUT2D eigenvalue weighted by atomic mass is 9.33. The Balaban J connectivity index is 1.39. The standard InChI is InChI=1S/C38H40O2/c1-3-18-36-21-35(2)22-37(24-36,29-14-16-33(39)31(19-29)27-10-6-4-7-11-27)26-38(23-35,25-36)30-15-17-34(40)32(20-30)28-12-8-5-9-13-28/h4-17,19-20,39-40H,3,18,21-26H2,1-2H3. The zero-order valence-corrected chi connectivity index (χ0v) is 23.8. The fourth-order valence-corrected chi connectivity index (χ4v) is 10.2. The van der Waals surface area contributed by atoms with E-state index >= 15 is 0 Å². The van der Waals surface area contributed by atoms with Crippen LogP contribution in [0.25, 0.3) is 22.3 Å². The number of benzene rings is 4. The third kappa shape index (κ3) is 3.99. The van der Waals surface area contributed by atoms with E-state index in [9.17, 15) is 10.2 Å². The predicted molar refractivity (Wildman–Crippen MR) is 164 cm³/mol. The molecule has 2 nitrogen and oxygen atoms in total. The number of rotatable bonds is 6. The van der Waals surface area contributed by atoms with Crippen LogP contribution in [0.1, 0.15) is 76.3 Å². The summed E-state index contributed by atoms with van der Waals surface area (Å²) in [5.41, 5.74) is 7.52. The Morgan fingerprint density at radius 2 is 1.05 bits per heavy atom. The highest BCUT2D eigenvalue weighted by molar-refractivity contribution is 5.72. The number of hydrogen-bond donors (Lipinski definition) is 2. The zero-order valence-electron chi connectivity index (χ0n) is 23.8. The summed E-state index contributed by atoms with van der Waals surface area (Å²) in [5, 5.41) is 21.9. The van der Waals surface area contributed by atoms with Crippen LogP contribution in [0, 0.1) is 10.8 Å². The molecule has 4 fully saturated rings. The molecule has 0 aromatic heterocycles. The molecule has 2 unspecified atom stereocenters. The predicted octanol–water partition coefficient (Wildman–Crippen LogP) is 9.78. The van der Waals surface area contributed by atoms with Gasteiger partial charge in [0.05, 0.1) is 0 Å². The maximum atomic E-state index is 10.9. The first-order chi connectivity index (χ1) is 19.3. The number of hydrogen-bond acceptors (Lipinski definition) is 2. The second-order valence-electron chi connectivity index (χ2n) is 13.9. The Bertz CT molecular complexity index is 1450. The molecular weight excluding hydrogens is 488 g/mol. The van der Waals surface area contributed by atoms with Gasteiger partial charge in [-0.3, -0.25) is 0 Å². The van der Waals surface area contributed by atoms with Crippen molar-refractivity contribution in [2.45, 2.75) is 76.0 Å². The van der Waals surface area contributed by atoms with Crippen LogP contribution in [0.15, 0.2) is 97.1 Å². The molecule has 40 heavy (non-hydrogen) atoms. The minimum Gasteiger partial charge on any atom is -0.507 e. The lowest BCUT2D eigenvalue weighted by molar-refractivity contribution is -0.137. The minimum atomic E-state index is 0.0701. The maximum Gasteiger partial charge on any atom is 0.123 e. The molecule has 0 amide bonds. The van der Waals surface area contributed by atoms with E-state index in [-0.39, 0.29) is 16.2 Å². The van der Waals surface area contributed by atoms with Crippen molar-refractivity contribution in [2.75, 3.05) is 0 Å². The summed E-state index contributed by atoms with van der Waals surface area (Å²) in [6.45, 7) is 4.90. The third-order valence-electron chi connectivity index (χ3n) is 10.6. The van der Waals surface area contributed by atoms with Gasteiger partial charge in [0.15, 0.2) is 0 Å². The first kappa shape index (κ1) is 25.4. The van der Waals surface area contributed by atoms with Gasteiger partial charge in [0, 0.05) is 11.1 Å². The van der Waals surface area contributed by atoms with Crippen molar-refractivity contribution in [3.8, 4) is 33.8 Å². The van der Waals surface area contributed by atoms with Gasteiger partial charge in [0.25, 0.3) is 0 Å². The largest absolute Gasteiger partial charge is 0.507 e. The highest BCUT2D eigenvalue weighted by Crippen LogP contribution is 2.75. The van der Waals surface area contributed by atoms with E-state index in [0.717, 1.165) is 28.7 Å². The maximum absolute atomic E-state index is 10.9. The van der Waals surface area contributed by atoms with Crippen LogP contribution in [0.4, 0.5) is 0 Å². The van der Waals surface area contributed by atoms with Crippen molar-refractivity contribution in [3.63, 3.8) is 0 Å². The molecule has 4 aromatic carbocycles. The molecule has 4 aromatic rings. The van der Waals surface area contributed by atoms with Gasteiger partial charge in [0.2, 0.25) is 0 Å². The summed E-state index contributed by atoms with van der Waals surface area (Å²) in [7, 11) is 0. The van der Waals surface area contributed by atoms with E-state index in [0.29, 0.717) is 16.9 Å². The molecule has 4 aliphatic rings. The van der Waals surface area contributed by atoms with Crippen LogP contribution in [0.2, 0.25) is 0 Å². The van der Waals surface area contributed by atoms with Gasteiger partial charge < -0.3 is 10.2 Å². The van der Waals surface area contributed by atoms with E-state index in [4.69, 9.17) is 0 Å². The first-order valence-electron chi connectivity index (χ1n) is 15.0. The minimum absolute atomic E-state index is 0.0701. The number of aromatic hydroxyl groups is 2. The third-order valence-corrected chi connectivity index (χ3v) is 10.6. The average Bonchev–Trinajstić information content (AvgIpc) is 2.93. The van der Waals surface area contributed by atoms with Gasteiger partial charge in [-0.25, -0.2) is 0 Å². The van der Waals surface area contributed by atoms with E-state index in [2.05, 4.69) is 62.4 Å². The van der Waals surface area contributed by atoms with E-state index in [1.54, 1.807) is 0 Å². The van der Waals surface area contributed by atoms with Gasteiger partial charge in [0.1, 0.15) is 11.5 Å². The Morgan fingerprint density at radius 3 is 1.50 bits per heavy atom. The quantitative estimate of drug-likeness (QED) is 0.261. The highest BCUT2D eigenvalue weighted by Gasteiger charge is 2.67. The lowest BCUT2D eigenvalue weighted by Crippen LogP contribution is -2.63. The van der Waals surface area contributed by atoms with Crippen LogP contribution in [-0.4, -0.2) is 10.2 Å². The SMILES string of the molecule is CCCC12CC3(C)CC(c4ccc(O)c(-c5ccccc5)c4)(C1)CC(c1ccc(O)c(-c4ccccc4)c1)(C3)C2. The summed E-state index contributed by atoms with van der Waals surface area (Å²) in [5.74, 6) is 0.713. The molecule has 2 atom stereocenters. The molecule has 4 bridgehead atoms. The molecule has 0 aliphatic heterocycles. The second-order valence-corrected chi connectivity index (χ2v) is 13.9. The molecular formula is C38H40O2. The molecule has 0 radical (unpaired) electrons. The number of phenols is 2. The van der Waals surface area contributed by atoms with Gasteiger partial charge >= 0.3 is 0 Å². The van der Waals surface area contributed by atoms with Crippen molar-refractivity contribution in [1.82, 2.24) is 0 Å². The molecule has 8 rings (SSSR count). The average molecular weight is 529 g/mol. The summed E-state index contributed by atoms with van der Waals surface area (Å²) in [6.07, 6.45) is 9.77. The van der Waals surface area contributed by atoms with Gasteiger partial charge in [-0.2, -0.15) is 0 Å². The monoisotopic (exact) mass is 528 g/mol. The van der Waals surface area contributed by atoms with E-state index in [1.165, 1.54) is 56.1 Å². The van der Waals surface area contributed by atoms with Crippen LogP contribution in [0.5, 0.6) is 11.5 Å². The summed E-state index contributed by atoms with van der Waals surface area (Å²) in [6, 6.07) is 33.6. The Hall–Kier alpha value is -3.52. The molecule has 0 saturated heterocycles. The van der Waals surface area contributed by atoms with Gasteiger partial charge in [-0.15, -0.1) is 0 Å². The summed E-state index contributed by atoms with van der Waals surface area (Å²) >= 11 is 0. The summed E-state index contributed by atoms with van der Waals surface area (Å²) < 4.78 is 0. The molecule has 0 spiro atoms. The van der Waals surface area contributed by atoms with Gasteiger partial charge in [-0.05, 0) is 113 Å². The fourth-order valence-electron chi connectivity index (χ4n) is 10.2. The van der Waals surface area contributed by atoms with Crippen LogP contribution >= 0.6 is 0 Å². The lowest BCUT2D eigenvalue weighted by Gasteiger charge is -2.71. The van der Waals surface area contributed by atoms with Crippen LogP contribution < -0.4 is 0 Å². The van der Waals surface area contributed by atoms with Crippen molar-refractivity contribution in [3.05, 3.63) is 108 Å². The van der Waals surface area contributed by atoms with Crippen molar-refractivity contribution < 1.29 is 10.2 Å². The highest BCUT2D eigenvalue weighted by atomic mass is 16.3. The fraction of sp³-hybridized carbons (Fsp3) is 0.368. The van der Waals surface area contributed by atoms with E-state index in [1.807, 2.05) is 48.5 Å². The van der Waals surface area contributed by atoms with Gasteiger partial charge in [-0.1, -0.05) is 93.1 Å². The Kier molecular flexibility index (Phi) is 5.72.